The number of aryl methyl sites for hydroxylation is 1. The van der Waals surface area contributed by atoms with Crippen molar-refractivity contribution < 1.29 is 8.83 Å². The van der Waals surface area contributed by atoms with E-state index in [0.717, 1.165) is 95.7 Å². The number of fused-ring (bicyclic) bond motifs is 9. The van der Waals surface area contributed by atoms with E-state index < -0.39 is 0 Å². The highest BCUT2D eigenvalue weighted by Crippen LogP contribution is 2.43. The molecule has 0 saturated carbocycles. The van der Waals surface area contributed by atoms with Crippen LogP contribution in [0.25, 0.3) is 83.2 Å². The summed E-state index contributed by atoms with van der Waals surface area (Å²) in [6.45, 7) is 0. The van der Waals surface area contributed by atoms with Gasteiger partial charge in [0.05, 0.1) is 22.3 Å². The summed E-state index contributed by atoms with van der Waals surface area (Å²) in [5.74, 6) is 1.03. The zero-order valence-electron chi connectivity index (χ0n) is 25.3. The van der Waals surface area contributed by atoms with Crippen molar-refractivity contribution in [1.29, 1.82) is 5.26 Å². The predicted molar refractivity (Wildman–Crippen MR) is 191 cm³/mol. The number of nitriles is 1. The Morgan fingerprint density at radius 3 is 2.06 bits per heavy atom. The molecule has 1 aliphatic carbocycles. The van der Waals surface area contributed by atoms with Crippen LogP contribution in [0.4, 0.5) is 0 Å². The zero-order chi connectivity index (χ0) is 31.1. The molecule has 47 heavy (non-hydrogen) atoms. The Bertz CT molecular complexity index is 2750. The minimum Gasteiger partial charge on any atom is -0.460 e. The molecule has 0 radical (unpaired) electrons. The number of aromatic nitrogens is 1. The maximum absolute atomic E-state index is 10.4. The molecule has 220 valence electrons. The molecular formula is C43H26N2O2. The second-order valence-corrected chi connectivity index (χ2v) is 12.3. The number of para-hydroxylation sites is 3. The SMILES string of the molecule is N#Cc1cccc(-c2ccc3oc4cc5oc6c(c5cc4c3c2)C=C(c2ccccc2)CC6)c1-n1c2ccccc2c2ccccc21. The molecule has 0 bridgehead atoms. The van der Waals surface area contributed by atoms with E-state index in [9.17, 15) is 5.26 Å². The molecule has 4 nitrogen and oxygen atoms in total. The largest absolute Gasteiger partial charge is 0.460 e. The van der Waals surface area contributed by atoms with Gasteiger partial charge in [-0.2, -0.15) is 5.26 Å². The Labute approximate surface area is 270 Å². The molecule has 0 N–H and O–H groups in total. The topological polar surface area (TPSA) is 55.0 Å². The molecule has 0 saturated heterocycles. The van der Waals surface area contributed by atoms with Gasteiger partial charge in [0.1, 0.15) is 28.6 Å². The van der Waals surface area contributed by atoms with Crippen LogP contribution in [0.3, 0.4) is 0 Å². The molecule has 10 rings (SSSR count). The summed E-state index contributed by atoms with van der Waals surface area (Å²) in [5.41, 5.74) is 11.9. The van der Waals surface area contributed by atoms with Gasteiger partial charge < -0.3 is 13.4 Å². The lowest BCUT2D eigenvalue weighted by Gasteiger charge is -2.16. The van der Waals surface area contributed by atoms with Gasteiger partial charge >= 0.3 is 0 Å². The Morgan fingerprint density at radius 2 is 1.28 bits per heavy atom. The van der Waals surface area contributed by atoms with E-state index in [4.69, 9.17) is 8.83 Å². The lowest BCUT2D eigenvalue weighted by molar-refractivity contribution is 0.547. The molecule has 0 fully saturated rings. The molecule has 0 spiro atoms. The smallest absolute Gasteiger partial charge is 0.139 e. The van der Waals surface area contributed by atoms with E-state index in [1.54, 1.807) is 0 Å². The molecule has 0 unspecified atom stereocenters. The first-order valence-electron chi connectivity index (χ1n) is 15.9. The fourth-order valence-electron chi connectivity index (χ4n) is 7.59. The second kappa shape index (κ2) is 9.84. The van der Waals surface area contributed by atoms with Crippen LogP contribution in [-0.4, -0.2) is 4.57 Å². The Morgan fingerprint density at radius 1 is 0.553 bits per heavy atom. The van der Waals surface area contributed by atoms with E-state index in [-0.39, 0.29) is 0 Å². The van der Waals surface area contributed by atoms with E-state index >= 15 is 0 Å². The number of benzene rings is 6. The van der Waals surface area contributed by atoms with E-state index in [1.165, 1.54) is 11.1 Å². The molecule has 0 atom stereocenters. The summed E-state index contributed by atoms with van der Waals surface area (Å²) in [7, 11) is 0. The van der Waals surface area contributed by atoms with Crippen LogP contribution in [0.2, 0.25) is 0 Å². The minimum atomic E-state index is 0.624. The summed E-state index contributed by atoms with van der Waals surface area (Å²) >= 11 is 0. The third kappa shape index (κ3) is 3.81. The molecular weight excluding hydrogens is 576 g/mol. The molecule has 4 heteroatoms. The van der Waals surface area contributed by atoms with Crippen molar-refractivity contribution in [2.45, 2.75) is 12.8 Å². The molecule has 0 aliphatic heterocycles. The summed E-state index contributed by atoms with van der Waals surface area (Å²) in [5, 5.41) is 15.9. The van der Waals surface area contributed by atoms with Gasteiger partial charge in [-0.05, 0) is 65.6 Å². The van der Waals surface area contributed by atoms with Crippen molar-refractivity contribution >= 4 is 66.4 Å². The van der Waals surface area contributed by atoms with Gasteiger partial charge in [0.25, 0.3) is 0 Å². The summed E-state index contributed by atoms with van der Waals surface area (Å²) in [6.07, 6.45) is 4.12. The van der Waals surface area contributed by atoms with Crippen LogP contribution < -0.4 is 0 Å². The number of nitrogens with zero attached hydrogens (tertiary/aromatic N) is 2. The van der Waals surface area contributed by atoms with Crippen LogP contribution in [0, 0.1) is 11.3 Å². The zero-order valence-corrected chi connectivity index (χ0v) is 25.3. The van der Waals surface area contributed by atoms with Gasteiger partial charge in [-0.25, -0.2) is 0 Å². The van der Waals surface area contributed by atoms with E-state index in [2.05, 4.69) is 120 Å². The van der Waals surface area contributed by atoms with Crippen molar-refractivity contribution in [1.82, 2.24) is 4.57 Å². The molecule has 3 heterocycles. The molecule has 6 aromatic carbocycles. The number of hydrogen-bond donors (Lipinski definition) is 0. The third-order valence-electron chi connectivity index (χ3n) is 9.75. The summed E-state index contributed by atoms with van der Waals surface area (Å²) < 4.78 is 15.0. The highest BCUT2D eigenvalue weighted by Gasteiger charge is 2.22. The normalized spacial score (nSPS) is 13.0. The first-order chi connectivity index (χ1) is 23.2. The predicted octanol–water partition coefficient (Wildman–Crippen LogP) is 11.5. The third-order valence-corrected chi connectivity index (χ3v) is 9.75. The second-order valence-electron chi connectivity index (χ2n) is 12.3. The van der Waals surface area contributed by atoms with Crippen LogP contribution in [-0.2, 0) is 6.42 Å². The lowest BCUT2D eigenvalue weighted by Crippen LogP contribution is -2.00. The van der Waals surface area contributed by atoms with Gasteiger partial charge in [-0.3, -0.25) is 0 Å². The number of hydrogen-bond acceptors (Lipinski definition) is 3. The molecule has 9 aromatic rings. The van der Waals surface area contributed by atoms with Crippen LogP contribution in [0.1, 0.15) is 28.9 Å². The number of allylic oxidation sites excluding steroid dienone is 1. The maximum Gasteiger partial charge on any atom is 0.139 e. The number of rotatable bonds is 3. The van der Waals surface area contributed by atoms with Crippen LogP contribution >= 0.6 is 0 Å². The van der Waals surface area contributed by atoms with Gasteiger partial charge in [0.15, 0.2) is 0 Å². The van der Waals surface area contributed by atoms with E-state index in [0.29, 0.717) is 5.56 Å². The Hall–Kier alpha value is -6.31. The molecule has 1 aliphatic rings. The molecule has 0 amide bonds. The van der Waals surface area contributed by atoms with E-state index in [1.807, 2.05) is 24.3 Å². The average Bonchev–Trinajstić information content (AvgIpc) is 3.78. The lowest BCUT2D eigenvalue weighted by atomic mass is 9.91. The standard InChI is InChI=1S/C43H26N2O2/c44-25-29-11-8-14-30(43(29)45-37-15-6-4-12-31(37)32-13-5-7-16-38(32)45)28-18-20-40-34(22-28)36-23-35-33-21-27(26-9-2-1-3-10-26)17-19-39(33)46-41(35)24-42(36)47-40/h1-16,18,20-24H,17,19H2. The maximum atomic E-state index is 10.4. The first kappa shape index (κ1) is 26.0. The van der Waals surface area contributed by atoms with Gasteiger partial charge in [-0.1, -0.05) is 84.9 Å². The summed E-state index contributed by atoms with van der Waals surface area (Å²) in [4.78, 5) is 0. The van der Waals surface area contributed by atoms with Crippen LogP contribution in [0.5, 0.6) is 0 Å². The van der Waals surface area contributed by atoms with Crippen LogP contribution in [0.15, 0.2) is 136 Å². The fourth-order valence-corrected chi connectivity index (χ4v) is 7.59. The Kier molecular flexibility index (Phi) is 5.44. The van der Waals surface area contributed by atoms with Crippen molar-refractivity contribution in [3.05, 3.63) is 150 Å². The fraction of sp³-hybridized carbons (Fsp3) is 0.0465. The highest BCUT2D eigenvalue weighted by atomic mass is 16.3. The molecule has 3 aromatic heterocycles. The number of furan rings is 2. The van der Waals surface area contributed by atoms with Gasteiger partial charge in [-0.15, -0.1) is 0 Å². The van der Waals surface area contributed by atoms with Crippen molar-refractivity contribution in [3.8, 4) is 22.9 Å². The summed E-state index contributed by atoms with van der Waals surface area (Å²) in [6, 6.07) is 46.5. The van der Waals surface area contributed by atoms with Gasteiger partial charge in [0, 0.05) is 50.5 Å². The monoisotopic (exact) mass is 602 g/mol. The van der Waals surface area contributed by atoms with Gasteiger partial charge in [0.2, 0.25) is 0 Å². The highest BCUT2D eigenvalue weighted by molar-refractivity contribution is 6.13. The van der Waals surface area contributed by atoms with Crippen molar-refractivity contribution in [3.63, 3.8) is 0 Å². The van der Waals surface area contributed by atoms with Crippen molar-refractivity contribution in [2.24, 2.45) is 0 Å². The average molecular weight is 603 g/mol. The minimum absolute atomic E-state index is 0.624. The quantitative estimate of drug-likeness (QED) is 0.202. The Balaban J connectivity index is 1.20. The van der Waals surface area contributed by atoms with Crippen molar-refractivity contribution in [2.75, 3.05) is 0 Å². The first-order valence-corrected chi connectivity index (χ1v) is 15.9.